The molecule has 0 saturated heterocycles. The van der Waals surface area contributed by atoms with Crippen LogP contribution >= 0.6 is 7.82 Å². The van der Waals surface area contributed by atoms with Crippen LogP contribution in [0.1, 0.15) is 171 Å². The maximum atomic E-state index is 12.7. The highest BCUT2D eigenvalue weighted by atomic mass is 31.2. The van der Waals surface area contributed by atoms with Crippen LogP contribution < -0.4 is 0 Å². The average Bonchev–Trinajstić information content (AvgIpc) is 3.42. The van der Waals surface area contributed by atoms with Crippen molar-refractivity contribution in [2.45, 2.75) is 181 Å². The molecule has 1 aromatic heterocycles. The van der Waals surface area contributed by atoms with Gasteiger partial charge in [-0.15, -0.1) is 0 Å². The lowest BCUT2D eigenvalue weighted by atomic mass is 10.0. The first-order chi connectivity index (χ1) is 27.7. The van der Waals surface area contributed by atoms with E-state index in [9.17, 15) is 23.8 Å². The zero-order valence-corrected chi connectivity index (χ0v) is 38.4. The molecule has 1 heterocycles. The quantitative estimate of drug-likeness (QED) is 0.0172. The summed E-state index contributed by atoms with van der Waals surface area (Å²) in [5.41, 5.74) is 2.62. The standard InChI is InChI=1S/C46H80NO10P/c1-8-10-24-30-41(48)31-25-20-16-12-11-13-18-22-27-33-45(49)53-37-42(38-55-58(51,52)54-36-35-47(5,6)7)56-46(50)34-28-23-19-15-14-17-21-26-32-44-40(4)39(3)43(57-44)29-9-2/h16,20,25,31,42H,8-15,17-19,21-24,26-30,32-38H2,1-7H3/p+1/b20-16-,31-25+/t42-/m1/s1. The summed E-state index contributed by atoms with van der Waals surface area (Å²) in [5, 5.41) is 0. The fourth-order valence-electron chi connectivity index (χ4n) is 6.34. The Morgan fingerprint density at radius 2 is 1.26 bits per heavy atom. The Balaban J connectivity index is 2.36. The molecule has 0 radical (unpaired) electrons. The van der Waals surface area contributed by atoms with Gasteiger partial charge >= 0.3 is 19.8 Å². The van der Waals surface area contributed by atoms with E-state index in [0.717, 1.165) is 114 Å². The lowest BCUT2D eigenvalue weighted by Crippen LogP contribution is -2.37. The van der Waals surface area contributed by atoms with Crippen molar-refractivity contribution in [3.63, 3.8) is 0 Å². The van der Waals surface area contributed by atoms with Crippen LogP contribution in [0.5, 0.6) is 0 Å². The van der Waals surface area contributed by atoms with E-state index in [-0.39, 0.29) is 31.8 Å². The van der Waals surface area contributed by atoms with Crippen molar-refractivity contribution in [3.8, 4) is 0 Å². The number of unbranched alkanes of at least 4 members (excludes halogenated alkanes) is 14. The van der Waals surface area contributed by atoms with Crippen LogP contribution in [0, 0.1) is 13.8 Å². The molecule has 0 spiro atoms. The molecule has 0 aromatic carbocycles. The number of hydrogen-bond donors (Lipinski definition) is 1. The van der Waals surface area contributed by atoms with Crippen molar-refractivity contribution < 1.29 is 51.3 Å². The van der Waals surface area contributed by atoms with Crippen LogP contribution in [0.2, 0.25) is 0 Å². The van der Waals surface area contributed by atoms with Crippen LogP contribution in [-0.4, -0.2) is 80.7 Å². The highest BCUT2D eigenvalue weighted by molar-refractivity contribution is 7.47. The van der Waals surface area contributed by atoms with E-state index >= 15 is 0 Å². The number of hydrogen-bond acceptors (Lipinski definition) is 9. The van der Waals surface area contributed by atoms with Crippen molar-refractivity contribution in [2.24, 2.45) is 0 Å². The molecular formula is C46H81NO10P+. The van der Waals surface area contributed by atoms with Gasteiger partial charge in [0.1, 0.15) is 31.3 Å². The van der Waals surface area contributed by atoms with E-state index in [4.69, 9.17) is 22.9 Å². The van der Waals surface area contributed by atoms with Crippen LogP contribution in [-0.2, 0) is 50.3 Å². The van der Waals surface area contributed by atoms with Crippen LogP contribution in [0.4, 0.5) is 0 Å². The van der Waals surface area contributed by atoms with Crippen LogP contribution in [0.15, 0.2) is 28.7 Å². The highest BCUT2D eigenvalue weighted by Gasteiger charge is 2.27. The van der Waals surface area contributed by atoms with Gasteiger partial charge in [0.25, 0.3) is 0 Å². The molecule has 1 unspecified atom stereocenters. The summed E-state index contributed by atoms with van der Waals surface area (Å²) in [6.45, 7) is 8.43. The number of nitrogens with zero attached hydrogens (tertiary/aromatic N) is 1. The number of esters is 2. The minimum atomic E-state index is -4.41. The zero-order valence-electron chi connectivity index (χ0n) is 37.5. The third-order valence-electron chi connectivity index (χ3n) is 10.1. The number of ketones is 1. The van der Waals surface area contributed by atoms with Gasteiger partial charge in [0.2, 0.25) is 0 Å². The fraction of sp³-hybridized carbons (Fsp3) is 0.761. The Morgan fingerprint density at radius 3 is 1.88 bits per heavy atom. The average molecular weight is 839 g/mol. The van der Waals surface area contributed by atoms with Crippen molar-refractivity contribution >= 4 is 25.5 Å². The maximum absolute atomic E-state index is 12.7. The van der Waals surface area contributed by atoms with E-state index in [1.54, 1.807) is 6.08 Å². The number of aryl methyl sites for hydroxylation is 2. The van der Waals surface area contributed by atoms with Crippen molar-refractivity contribution in [1.82, 2.24) is 0 Å². The Bertz CT molecular complexity index is 1380. The van der Waals surface area contributed by atoms with Gasteiger partial charge in [-0.2, -0.15) is 0 Å². The topological polar surface area (TPSA) is 139 Å². The molecule has 0 saturated carbocycles. The Hall–Kier alpha value is -2.56. The number of allylic oxidation sites excluding steroid dienone is 4. The van der Waals surface area contributed by atoms with Crippen LogP contribution in [0.3, 0.4) is 0 Å². The van der Waals surface area contributed by atoms with Crippen LogP contribution in [0.25, 0.3) is 0 Å². The minimum absolute atomic E-state index is 0.0104. The molecule has 0 aliphatic carbocycles. The lowest BCUT2D eigenvalue weighted by Gasteiger charge is -2.24. The molecule has 12 heteroatoms. The smallest absolute Gasteiger partial charge is 0.466 e. The number of carbonyl (C=O) groups excluding carboxylic acids is 3. The molecule has 1 rings (SSSR count). The number of rotatable bonds is 37. The van der Waals surface area contributed by atoms with Gasteiger partial charge in [-0.05, 0) is 76.0 Å². The Kier molecular flexibility index (Phi) is 29.7. The maximum Gasteiger partial charge on any atom is 0.472 e. The summed E-state index contributed by atoms with van der Waals surface area (Å²) < 4.78 is 40.4. The predicted octanol–water partition coefficient (Wildman–Crippen LogP) is 11.2. The van der Waals surface area contributed by atoms with Gasteiger partial charge in [-0.1, -0.05) is 103 Å². The number of ether oxygens (including phenoxy) is 2. The first kappa shape index (κ1) is 53.5. The lowest BCUT2D eigenvalue weighted by molar-refractivity contribution is -0.870. The highest BCUT2D eigenvalue weighted by Crippen LogP contribution is 2.43. The molecule has 334 valence electrons. The monoisotopic (exact) mass is 839 g/mol. The van der Waals surface area contributed by atoms with Crippen molar-refractivity contribution in [1.29, 1.82) is 0 Å². The Morgan fingerprint density at radius 1 is 0.690 bits per heavy atom. The van der Waals surface area contributed by atoms with E-state index < -0.39 is 32.5 Å². The molecule has 0 aliphatic heterocycles. The fourth-order valence-corrected chi connectivity index (χ4v) is 7.08. The van der Waals surface area contributed by atoms with Gasteiger partial charge in [-0.3, -0.25) is 23.4 Å². The number of furan rings is 1. The number of phosphoric ester groups is 1. The Labute approximate surface area is 351 Å². The minimum Gasteiger partial charge on any atom is -0.466 e. The molecule has 0 bridgehead atoms. The number of carbonyl (C=O) groups is 3. The normalized spacial score (nSPS) is 13.7. The second kappa shape index (κ2) is 32.2. The summed E-state index contributed by atoms with van der Waals surface area (Å²) >= 11 is 0. The third kappa shape index (κ3) is 28.8. The van der Waals surface area contributed by atoms with Crippen molar-refractivity contribution in [3.05, 3.63) is 47.0 Å². The molecule has 2 atom stereocenters. The molecule has 0 aliphatic rings. The molecule has 1 aromatic rings. The molecule has 1 N–H and O–H groups in total. The summed E-state index contributed by atoms with van der Waals surface area (Å²) in [6, 6.07) is 0. The van der Waals surface area contributed by atoms with E-state index in [0.29, 0.717) is 30.3 Å². The number of phosphoric acid groups is 1. The summed E-state index contributed by atoms with van der Waals surface area (Å²) in [7, 11) is 1.40. The van der Waals surface area contributed by atoms with Crippen molar-refractivity contribution in [2.75, 3.05) is 47.5 Å². The molecule has 0 fully saturated rings. The van der Waals surface area contributed by atoms with E-state index in [1.807, 2.05) is 33.3 Å². The first-order valence-corrected chi connectivity index (χ1v) is 23.9. The summed E-state index contributed by atoms with van der Waals surface area (Å²) in [5.74, 6) is 1.58. The first-order valence-electron chi connectivity index (χ1n) is 22.4. The van der Waals surface area contributed by atoms with Gasteiger partial charge in [0, 0.05) is 32.1 Å². The largest absolute Gasteiger partial charge is 0.472 e. The van der Waals surface area contributed by atoms with E-state index in [2.05, 4.69) is 33.8 Å². The zero-order chi connectivity index (χ0) is 43.1. The van der Waals surface area contributed by atoms with Gasteiger partial charge < -0.3 is 23.3 Å². The summed E-state index contributed by atoms with van der Waals surface area (Å²) in [4.78, 5) is 47.2. The van der Waals surface area contributed by atoms with E-state index in [1.165, 1.54) is 24.0 Å². The predicted molar refractivity (Wildman–Crippen MR) is 233 cm³/mol. The molecule has 11 nitrogen and oxygen atoms in total. The third-order valence-corrected chi connectivity index (χ3v) is 11.1. The second-order valence-corrected chi connectivity index (χ2v) is 18.2. The molecule has 0 amide bonds. The number of quaternary nitrogens is 1. The van der Waals surface area contributed by atoms with Gasteiger partial charge in [0.05, 0.1) is 27.7 Å². The number of likely N-dealkylation sites (N-methyl/N-ethyl adjacent to an activating group) is 1. The molecule has 58 heavy (non-hydrogen) atoms. The summed E-state index contributed by atoms with van der Waals surface area (Å²) in [6.07, 6.45) is 27.6. The molecular weight excluding hydrogens is 757 g/mol. The van der Waals surface area contributed by atoms with Gasteiger partial charge in [-0.25, -0.2) is 4.57 Å². The SMILES string of the molecule is CCCCCC(=O)/C=C/C=C\CCCCCCCC(=O)OC[C@H](COP(=O)(O)OCC[N+](C)(C)C)OC(=O)CCCCCCCCCCc1oc(CCC)c(C)c1C. The van der Waals surface area contributed by atoms with Gasteiger partial charge in [0.15, 0.2) is 11.9 Å². The second-order valence-electron chi connectivity index (χ2n) is 16.7.